The van der Waals surface area contributed by atoms with Gasteiger partial charge in [0.05, 0.1) is 0 Å². The van der Waals surface area contributed by atoms with Gasteiger partial charge in [-0.25, -0.2) is 0 Å². The lowest BCUT2D eigenvalue weighted by molar-refractivity contribution is -0.107. The van der Waals surface area contributed by atoms with E-state index in [0.29, 0.717) is 0 Å². The molecule has 1 heteroatoms. The van der Waals surface area contributed by atoms with Crippen molar-refractivity contribution in [1.29, 1.82) is 0 Å². The smallest absolute Gasteiger partial charge is 0.119 e. The van der Waals surface area contributed by atoms with Crippen molar-refractivity contribution in [1.82, 2.24) is 0 Å². The van der Waals surface area contributed by atoms with Gasteiger partial charge in [-0.05, 0) is 6.42 Å². The van der Waals surface area contributed by atoms with Crippen molar-refractivity contribution in [2.24, 2.45) is 0 Å². The maximum absolute atomic E-state index is 10.1. The Morgan fingerprint density at radius 1 is 0.588 bits per heavy atom. The Bertz CT molecular complexity index is 142. The normalized spacial score (nSPS) is 10.6. The fourth-order valence-electron chi connectivity index (χ4n) is 2.25. The highest BCUT2D eigenvalue weighted by Gasteiger charge is 1.93. The van der Waals surface area contributed by atoms with E-state index in [0.717, 1.165) is 19.1 Å². The van der Waals surface area contributed by atoms with Crippen LogP contribution in [0.15, 0.2) is 0 Å². The van der Waals surface area contributed by atoms with Crippen molar-refractivity contribution in [3.63, 3.8) is 0 Å². The minimum atomic E-state index is 0.762. The summed E-state index contributed by atoms with van der Waals surface area (Å²) in [7, 11) is 0. The Kier molecular flexibility index (Phi) is 15.4. The van der Waals surface area contributed by atoms with Crippen LogP contribution < -0.4 is 0 Å². The second kappa shape index (κ2) is 15.7. The fraction of sp³-hybridized carbons (Fsp3) is 0.938. The molecule has 0 saturated heterocycles. The van der Waals surface area contributed by atoms with E-state index < -0.39 is 0 Å². The third-order valence-electron chi connectivity index (χ3n) is 3.43. The summed E-state index contributed by atoms with van der Waals surface area (Å²) in [6, 6.07) is 0. The van der Waals surface area contributed by atoms with Crippen LogP contribution in [0.2, 0.25) is 0 Å². The van der Waals surface area contributed by atoms with E-state index in [1.807, 2.05) is 0 Å². The predicted octanol–water partition coefficient (Wildman–Crippen LogP) is 5.67. The van der Waals surface area contributed by atoms with Crippen LogP contribution in [-0.2, 0) is 4.79 Å². The number of hydrogen-bond donors (Lipinski definition) is 0. The molecule has 0 atom stereocenters. The molecule has 0 aromatic rings. The van der Waals surface area contributed by atoms with E-state index in [4.69, 9.17) is 0 Å². The molecule has 0 spiro atoms. The van der Waals surface area contributed by atoms with Crippen LogP contribution in [0.25, 0.3) is 0 Å². The van der Waals surface area contributed by atoms with Crippen molar-refractivity contribution in [3.05, 3.63) is 0 Å². The quantitative estimate of drug-likeness (QED) is 0.283. The van der Waals surface area contributed by atoms with Gasteiger partial charge in [-0.15, -0.1) is 0 Å². The van der Waals surface area contributed by atoms with Gasteiger partial charge >= 0.3 is 0 Å². The highest BCUT2D eigenvalue weighted by atomic mass is 16.2. The van der Waals surface area contributed by atoms with Crippen LogP contribution >= 0.6 is 0 Å². The number of hydrogen-bond acceptors (Lipinski definition) is 1. The molecule has 0 aliphatic rings. The van der Waals surface area contributed by atoms with Gasteiger partial charge in [0.25, 0.3) is 0 Å². The average molecular weight is 242 g/mol. The van der Waals surface area contributed by atoms with Gasteiger partial charge in [0.2, 0.25) is 0 Å². The van der Waals surface area contributed by atoms with E-state index in [2.05, 4.69) is 6.92 Å². The fourth-order valence-corrected chi connectivity index (χ4v) is 2.25. The lowest BCUT2D eigenvalue weighted by Gasteiger charge is -2.02. The van der Waals surface area contributed by atoms with Crippen LogP contribution in [-0.4, -0.2) is 6.29 Å². The second-order valence-corrected chi connectivity index (χ2v) is 5.20. The molecule has 0 rings (SSSR count). The monoisotopic (exact) mass is 242 g/mol. The van der Waals surface area contributed by atoms with Crippen LogP contribution in [0.5, 0.6) is 0 Å². The minimum absolute atomic E-state index is 0.762. The van der Waals surface area contributed by atoms with Crippen LogP contribution in [0.3, 0.4) is 0 Å². The van der Waals surface area contributed by atoms with Crippen molar-refractivity contribution in [2.75, 3.05) is 0 Å². The summed E-state index contributed by atoms with van der Waals surface area (Å²) in [6.45, 7) is 2.27. The molecule has 0 N–H and O–H groups in total. The third kappa shape index (κ3) is 15.7. The summed E-state index contributed by atoms with van der Waals surface area (Å²) in [4.78, 5) is 10.1. The molecule has 0 unspecified atom stereocenters. The standard InChI is InChI=1S/C16H32O/c1-2-3-4-5-6-7-8-9-10-11-12-13-14-15-16-17/h16H,2-15H2,1H3/i16+2. The lowest BCUT2D eigenvalue weighted by Crippen LogP contribution is -1.83. The van der Waals surface area contributed by atoms with E-state index in [-0.39, 0.29) is 0 Å². The molecule has 17 heavy (non-hydrogen) atoms. The molecule has 1 nitrogen and oxygen atoms in total. The molecule has 0 aromatic heterocycles. The number of carbonyl (C=O) groups is 1. The second-order valence-electron chi connectivity index (χ2n) is 5.20. The maximum Gasteiger partial charge on any atom is 0.119 e. The molecule has 0 bridgehead atoms. The van der Waals surface area contributed by atoms with Gasteiger partial charge in [0, 0.05) is 6.42 Å². The molecule has 0 fully saturated rings. The minimum Gasteiger partial charge on any atom is -0.303 e. The van der Waals surface area contributed by atoms with Gasteiger partial charge < -0.3 is 4.79 Å². The van der Waals surface area contributed by atoms with Crippen molar-refractivity contribution < 1.29 is 4.79 Å². The Labute approximate surface area is 108 Å². The maximum atomic E-state index is 10.1. The first kappa shape index (κ1) is 16.7. The van der Waals surface area contributed by atoms with Crippen molar-refractivity contribution in [2.45, 2.75) is 96.8 Å². The molecular formula is C16H32O. The number of carbonyl (C=O) groups excluding carboxylic acids is 1. The lowest BCUT2D eigenvalue weighted by atomic mass is 10.0. The van der Waals surface area contributed by atoms with Crippen molar-refractivity contribution in [3.8, 4) is 0 Å². The molecule has 0 aromatic carbocycles. The Morgan fingerprint density at radius 2 is 0.941 bits per heavy atom. The van der Waals surface area contributed by atoms with Gasteiger partial charge in [-0.2, -0.15) is 0 Å². The van der Waals surface area contributed by atoms with E-state index in [1.165, 1.54) is 77.0 Å². The van der Waals surface area contributed by atoms with E-state index in [1.54, 1.807) is 0 Å². The average Bonchev–Trinajstić information content (AvgIpc) is 2.35. The molecular weight excluding hydrogens is 210 g/mol. The molecule has 102 valence electrons. The summed E-state index contributed by atoms with van der Waals surface area (Å²) < 4.78 is 0. The zero-order chi connectivity index (χ0) is 12.6. The highest BCUT2D eigenvalue weighted by molar-refractivity contribution is 5.48. The highest BCUT2D eigenvalue weighted by Crippen LogP contribution is 2.12. The summed E-state index contributed by atoms with van der Waals surface area (Å²) in [5, 5.41) is 0. The van der Waals surface area contributed by atoms with Gasteiger partial charge in [0.15, 0.2) is 0 Å². The molecule has 0 heterocycles. The van der Waals surface area contributed by atoms with Gasteiger partial charge in [-0.3, -0.25) is 0 Å². The summed E-state index contributed by atoms with van der Waals surface area (Å²) >= 11 is 0. The topological polar surface area (TPSA) is 17.1 Å². The summed E-state index contributed by atoms with van der Waals surface area (Å²) in [6.07, 6.45) is 19.6. The number of rotatable bonds is 14. The first-order valence-electron chi connectivity index (χ1n) is 7.85. The Balaban J connectivity index is 2.87. The molecule has 0 aliphatic heterocycles. The zero-order valence-electron chi connectivity index (χ0n) is 11.9. The zero-order valence-corrected chi connectivity index (χ0v) is 11.9. The molecule has 0 amide bonds. The Morgan fingerprint density at radius 3 is 1.29 bits per heavy atom. The number of unbranched alkanes of at least 4 members (excludes halogenated alkanes) is 13. The van der Waals surface area contributed by atoms with Crippen LogP contribution in [0.4, 0.5) is 0 Å². The van der Waals surface area contributed by atoms with E-state index >= 15 is 0 Å². The predicted molar refractivity (Wildman–Crippen MR) is 76.4 cm³/mol. The Hall–Kier alpha value is -0.330. The van der Waals surface area contributed by atoms with Crippen molar-refractivity contribution >= 4 is 6.29 Å². The SMILES string of the molecule is CCCCCCCCCCCCCCC[14CH]=O. The molecule has 0 radical (unpaired) electrons. The number of aldehydes is 1. The third-order valence-corrected chi connectivity index (χ3v) is 3.43. The molecule has 0 saturated carbocycles. The summed E-state index contributed by atoms with van der Waals surface area (Å²) in [5.74, 6) is 0. The summed E-state index contributed by atoms with van der Waals surface area (Å²) in [5.41, 5.74) is 0. The molecule has 0 aliphatic carbocycles. The van der Waals surface area contributed by atoms with Gasteiger partial charge in [-0.1, -0.05) is 84.0 Å². The first-order chi connectivity index (χ1) is 8.41. The van der Waals surface area contributed by atoms with E-state index in [9.17, 15) is 4.79 Å². The van der Waals surface area contributed by atoms with Crippen LogP contribution in [0, 0.1) is 0 Å². The van der Waals surface area contributed by atoms with Gasteiger partial charge in [0.1, 0.15) is 6.29 Å². The first-order valence-corrected chi connectivity index (χ1v) is 7.85. The largest absolute Gasteiger partial charge is 0.303 e. The van der Waals surface area contributed by atoms with Crippen LogP contribution in [0.1, 0.15) is 96.8 Å².